The van der Waals surface area contributed by atoms with E-state index in [4.69, 9.17) is 0 Å². The standard InChI is InChI=1S/C19H20FN3/c1-3-17(14-9-11-16(20)12-10-14)22-19-21-13-18(23(19)2)15-7-5-4-6-8-15/h4-13,17H,3H2,1-2H3,(H,21,22). The zero-order valence-electron chi connectivity index (χ0n) is 13.3. The molecule has 1 heterocycles. The second-order valence-electron chi connectivity index (χ2n) is 5.55. The second-order valence-corrected chi connectivity index (χ2v) is 5.55. The highest BCUT2D eigenvalue weighted by atomic mass is 19.1. The van der Waals surface area contributed by atoms with E-state index in [0.29, 0.717) is 0 Å². The van der Waals surface area contributed by atoms with Gasteiger partial charge in [0.15, 0.2) is 0 Å². The van der Waals surface area contributed by atoms with Gasteiger partial charge in [-0.1, -0.05) is 49.4 Å². The van der Waals surface area contributed by atoms with E-state index in [1.165, 1.54) is 12.1 Å². The van der Waals surface area contributed by atoms with Crippen LogP contribution < -0.4 is 5.32 Å². The molecule has 2 aromatic carbocycles. The summed E-state index contributed by atoms with van der Waals surface area (Å²) in [6, 6.07) is 16.9. The zero-order chi connectivity index (χ0) is 16.2. The molecule has 0 aliphatic rings. The van der Waals surface area contributed by atoms with Crippen LogP contribution in [0.5, 0.6) is 0 Å². The quantitative estimate of drug-likeness (QED) is 0.734. The Morgan fingerprint density at radius 3 is 2.43 bits per heavy atom. The van der Waals surface area contributed by atoms with Crippen LogP contribution in [0.25, 0.3) is 11.3 Å². The lowest BCUT2D eigenvalue weighted by atomic mass is 10.0. The summed E-state index contributed by atoms with van der Waals surface area (Å²) in [6.07, 6.45) is 2.76. The first-order chi connectivity index (χ1) is 11.2. The molecule has 1 atom stereocenters. The topological polar surface area (TPSA) is 29.9 Å². The third-order valence-corrected chi connectivity index (χ3v) is 4.04. The van der Waals surface area contributed by atoms with Gasteiger partial charge in [-0.3, -0.25) is 0 Å². The normalized spacial score (nSPS) is 12.1. The predicted molar refractivity (Wildman–Crippen MR) is 91.7 cm³/mol. The number of halogens is 1. The molecule has 1 N–H and O–H groups in total. The van der Waals surface area contributed by atoms with Gasteiger partial charge in [0, 0.05) is 7.05 Å². The highest BCUT2D eigenvalue weighted by Gasteiger charge is 2.14. The number of nitrogens with zero attached hydrogens (tertiary/aromatic N) is 2. The molecule has 23 heavy (non-hydrogen) atoms. The molecule has 3 rings (SSSR count). The highest BCUT2D eigenvalue weighted by molar-refractivity contribution is 5.61. The molecule has 0 spiro atoms. The van der Waals surface area contributed by atoms with Crippen molar-refractivity contribution in [1.82, 2.24) is 9.55 Å². The first-order valence-corrected chi connectivity index (χ1v) is 7.78. The number of benzene rings is 2. The van der Waals surface area contributed by atoms with E-state index in [-0.39, 0.29) is 11.9 Å². The Hall–Kier alpha value is -2.62. The van der Waals surface area contributed by atoms with Crippen LogP contribution in [0.15, 0.2) is 60.8 Å². The zero-order valence-corrected chi connectivity index (χ0v) is 13.3. The van der Waals surface area contributed by atoms with Gasteiger partial charge in [0.05, 0.1) is 17.9 Å². The largest absolute Gasteiger partial charge is 0.349 e. The lowest BCUT2D eigenvalue weighted by Gasteiger charge is -2.18. The number of aromatic nitrogens is 2. The van der Waals surface area contributed by atoms with Gasteiger partial charge >= 0.3 is 0 Å². The van der Waals surface area contributed by atoms with Gasteiger partial charge in [-0.15, -0.1) is 0 Å². The molecule has 0 aliphatic carbocycles. The molecule has 0 amide bonds. The third-order valence-electron chi connectivity index (χ3n) is 4.04. The average Bonchev–Trinajstić information content (AvgIpc) is 2.95. The Kier molecular flexibility index (Phi) is 4.42. The molecule has 3 nitrogen and oxygen atoms in total. The SMILES string of the molecule is CCC(Nc1ncc(-c2ccccc2)n1C)c1ccc(F)cc1. The molecule has 3 aromatic rings. The lowest BCUT2D eigenvalue weighted by molar-refractivity contribution is 0.625. The molecule has 118 valence electrons. The smallest absolute Gasteiger partial charge is 0.203 e. The van der Waals surface area contributed by atoms with Crippen molar-refractivity contribution in [2.24, 2.45) is 7.05 Å². The molecule has 1 unspecified atom stereocenters. The van der Waals surface area contributed by atoms with Crippen molar-refractivity contribution in [1.29, 1.82) is 0 Å². The van der Waals surface area contributed by atoms with Crippen molar-refractivity contribution in [2.45, 2.75) is 19.4 Å². The van der Waals surface area contributed by atoms with Crippen molar-refractivity contribution < 1.29 is 4.39 Å². The van der Waals surface area contributed by atoms with Crippen molar-refractivity contribution in [3.05, 3.63) is 72.2 Å². The van der Waals surface area contributed by atoms with Crippen molar-refractivity contribution in [3.63, 3.8) is 0 Å². The Morgan fingerprint density at radius 1 is 1.09 bits per heavy atom. The summed E-state index contributed by atoms with van der Waals surface area (Å²) in [4.78, 5) is 4.50. The summed E-state index contributed by atoms with van der Waals surface area (Å²) in [5, 5.41) is 3.45. The van der Waals surface area contributed by atoms with Gasteiger partial charge < -0.3 is 9.88 Å². The molecular weight excluding hydrogens is 289 g/mol. The van der Waals surface area contributed by atoms with Crippen LogP contribution in [0.2, 0.25) is 0 Å². The molecule has 1 aromatic heterocycles. The van der Waals surface area contributed by atoms with Crippen LogP contribution in [0.4, 0.5) is 10.3 Å². The molecule has 0 fully saturated rings. The van der Waals surface area contributed by atoms with Crippen LogP contribution in [-0.2, 0) is 7.05 Å². The summed E-state index contributed by atoms with van der Waals surface area (Å²) in [5.74, 6) is 0.590. The van der Waals surface area contributed by atoms with Crippen LogP contribution in [-0.4, -0.2) is 9.55 Å². The van der Waals surface area contributed by atoms with Crippen molar-refractivity contribution >= 4 is 5.95 Å². The molecule has 4 heteroatoms. The number of imidazole rings is 1. The summed E-state index contributed by atoms with van der Waals surface area (Å²) in [5.41, 5.74) is 3.24. The summed E-state index contributed by atoms with van der Waals surface area (Å²) < 4.78 is 15.1. The van der Waals surface area contributed by atoms with Crippen molar-refractivity contribution in [2.75, 3.05) is 5.32 Å². The summed E-state index contributed by atoms with van der Waals surface area (Å²) in [7, 11) is 2.00. The Bertz CT molecular complexity index is 763. The first-order valence-electron chi connectivity index (χ1n) is 7.78. The number of anilines is 1. The van der Waals surface area contributed by atoms with Crippen LogP contribution in [0.3, 0.4) is 0 Å². The van der Waals surface area contributed by atoms with Crippen LogP contribution >= 0.6 is 0 Å². The molecule has 0 aliphatic heterocycles. The number of rotatable bonds is 5. The van der Waals surface area contributed by atoms with E-state index >= 15 is 0 Å². The minimum absolute atomic E-state index is 0.0975. The Balaban J connectivity index is 1.85. The van der Waals surface area contributed by atoms with E-state index in [1.807, 2.05) is 48.1 Å². The molecule has 0 saturated carbocycles. The molecule has 0 saturated heterocycles. The fourth-order valence-corrected chi connectivity index (χ4v) is 2.69. The maximum absolute atomic E-state index is 13.1. The van der Waals surface area contributed by atoms with E-state index in [2.05, 4.69) is 29.4 Å². The van der Waals surface area contributed by atoms with Crippen LogP contribution in [0, 0.1) is 5.82 Å². The summed E-state index contributed by atoms with van der Waals surface area (Å²) in [6.45, 7) is 2.10. The number of nitrogens with one attached hydrogen (secondary N) is 1. The monoisotopic (exact) mass is 309 g/mol. The fourth-order valence-electron chi connectivity index (χ4n) is 2.69. The third kappa shape index (κ3) is 3.26. The fraction of sp³-hybridized carbons (Fsp3) is 0.211. The number of hydrogen-bond acceptors (Lipinski definition) is 2. The van der Waals surface area contributed by atoms with Crippen molar-refractivity contribution in [3.8, 4) is 11.3 Å². The molecule has 0 radical (unpaired) electrons. The van der Waals surface area contributed by atoms with E-state index in [0.717, 1.165) is 29.2 Å². The van der Waals surface area contributed by atoms with E-state index < -0.39 is 0 Å². The van der Waals surface area contributed by atoms with Gasteiger partial charge in [-0.25, -0.2) is 9.37 Å². The Morgan fingerprint density at radius 2 is 1.78 bits per heavy atom. The predicted octanol–water partition coefficient (Wildman–Crippen LogP) is 4.79. The van der Waals surface area contributed by atoms with Gasteiger partial charge in [0.2, 0.25) is 5.95 Å². The lowest BCUT2D eigenvalue weighted by Crippen LogP contribution is -2.13. The van der Waals surface area contributed by atoms with Gasteiger partial charge in [0.1, 0.15) is 5.82 Å². The van der Waals surface area contributed by atoms with Gasteiger partial charge in [-0.05, 0) is 29.7 Å². The highest BCUT2D eigenvalue weighted by Crippen LogP contribution is 2.26. The van der Waals surface area contributed by atoms with E-state index in [9.17, 15) is 4.39 Å². The minimum atomic E-state index is -0.216. The maximum atomic E-state index is 13.1. The average molecular weight is 309 g/mol. The maximum Gasteiger partial charge on any atom is 0.203 e. The molecule has 0 bridgehead atoms. The molecular formula is C19H20FN3. The second kappa shape index (κ2) is 6.65. The van der Waals surface area contributed by atoms with Crippen LogP contribution in [0.1, 0.15) is 24.9 Å². The number of hydrogen-bond donors (Lipinski definition) is 1. The first kappa shape index (κ1) is 15.3. The van der Waals surface area contributed by atoms with Gasteiger partial charge in [0.25, 0.3) is 0 Å². The minimum Gasteiger partial charge on any atom is -0.349 e. The van der Waals surface area contributed by atoms with Gasteiger partial charge in [-0.2, -0.15) is 0 Å². The Labute approximate surface area is 135 Å². The van der Waals surface area contributed by atoms with E-state index in [1.54, 1.807) is 0 Å². The summed E-state index contributed by atoms with van der Waals surface area (Å²) >= 11 is 0.